The number of aromatic nitrogens is 1. The highest BCUT2D eigenvalue weighted by molar-refractivity contribution is 7.28. The van der Waals surface area contributed by atoms with Crippen LogP contribution >= 0.6 is 9.24 Å². The Labute approximate surface area is 269 Å². The van der Waals surface area contributed by atoms with Crippen molar-refractivity contribution < 1.29 is 9.13 Å². The second-order valence-electron chi connectivity index (χ2n) is 13.5. The zero-order valence-corrected chi connectivity index (χ0v) is 28.2. The number of hydrogen-bond donors (Lipinski definition) is 1. The van der Waals surface area contributed by atoms with Gasteiger partial charge in [-0.2, -0.15) is 4.99 Å². The quantitative estimate of drug-likeness (QED) is 0.134. The highest BCUT2D eigenvalue weighted by atomic mass is 31.0. The van der Waals surface area contributed by atoms with Crippen LogP contribution < -0.4 is 10.6 Å². The number of nitrogens with one attached hydrogen (secondary N) is 1. The minimum Gasteiger partial charge on any atom is -0.476 e. The van der Waals surface area contributed by atoms with E-state index in [0.717, 1.165) is 75.3 Å². The number of piperazine rings is 1. The number of nitrogens with zero attached hydrogens (tertiary/aromatic N) is 4. The van der Waals surface area contributed by atoms with Gasteiger partial charge in [0.25, 0.3) is 0 Å². The highest BCUT2D eigenvalue weighted by Crippen LogP contribution is 2.39. The second-order valence-corrected chi connectivity index (χ2v) is 14.1. The molecule has 6 nitrogen and oxygen atoms in total. The minimum atomic E-state index is -0.160. The van der Waals surface area contributed by atoms with Gasteiger partial charge < -0.3 is 15.0 Å². The molecule has 0 saturated carbocycles. The van der Waals surface area contributed by atoms with E-state index in [2.05, 4.69) is 56.4 Å². The first-order chi connectivity index (χ1) is 21.9. The number of ether oxygens (including phenoxy) is 1. The lowest BCUT2D eigenvalue weighted by Crippen LogP contribution is -2.53. The van der Waals surface area contributed by atoms with Crippen molar-refractivity contribution in [2.24, 2.45) is 4.99 Å². The van der Waals surface area contributed by atoms with Gasteiger partial charge in [0, 0.05) is 42.5 Å². The smallest absolute Gasteiger partial charge is 0.211 e. The zero-order chi connectivity index (χ0) is 31.1. The van der Waals surface area contributed by atoms with Crippen LogP contribution in [0.4, 0.5) is 4.39 Å². The lowest BCUT2D eigenvalue weighted by Gasteiger charge is -2.36. The molecule has 2 aromatic carbocycles. The van der Waals surface area contributed by atoms with Crippen LogP contribution in [0.3, 0.4) is 0 Å². The van der Waals surface area contributed by atoms with Gasteiger partial charge in [0.1, 0.15) is 18.3 Å². The molecular formula is C37H47FN5OP. The van der Waals surface area contributed by atoms with Crippen molar-refractivity contribution in [2.75, 3.05) is 32.8 Å². The standard InChI is InChI=1S/C37H47FN5OP/c1-4-9-32(44-23-37-16-7-18-43(37)19-8-17-37)41-36(42-21-26-13-14-27(22-42)40-26)30-20-39-34(35(45)24(30)3)29-11-6-10-25-12-15-31(38)28(5-2)33(25)29/h6,9-12,15,20,26-27,40H,4-5,7-8,13-14,16-19,21-23,45H2,1-3H3/b32-9-,41-36+. The second kappa shape index (κ2) is 12.7. The van der Waals surface area contributed by atoms with E-state index in [9.17, 15) is 4.39 Å². The number of hydrogen-bond acceptors (Lipinski definition) is 5. The van der Waals surface area contributed by atoms with Gasteiger partial charge in [0.05, 0.1) is 11.2 Å². The van der Waals surface area contributed by atoms with Gasteiger partial charge in [-0.25, -0.2) is 4.39 Å². The number of halogens is 1. The lowest BCUT2D eigenvalue weighted by atomic mass is 9.94. The first-order valence-electron chi connectivity index (χ1n) is 17.0. The Bertz CT molecular complexity index is 1630. The number of aliphatic imine (C=N–C) groups is 1. The average molecular weight is 628 g/mol. The van der Waals surface area contributed by atoms with E-state index in [1.165, 1.54) is 51.6 Å². The van der Waals surface area contributed by atoms with Crippen LogP contribution in [-0.2, 0) is 11.2 Å². The molecule has 0 amide bonds. The fourth-order valence-electron chi connectivity index (χ4n) is 8.39. The predicted octanol–water partition coefficient (Wildman–Crippen LogP) is 6.49. The number of likely N-dealkylation sites (tertiary alicyclic amines) is 1. The first-order valence-corrected chi connectivity index (χ1v) is 17.6. The third-order valence-corrected chi connectivity index (χ3v) is 11.4. The van der Waals surface area contributed by atoms with Crippen LogP contribution in [0.5, 0.6) is 0 Å². The molecule has 238 valence electrons. The fraction of sp³-hybridized carbons (Fsp3) is 0.514. The van der Waals surface area contributed by atoms with E-state index in [0.29, 0.717) is 25.1 Å². The number of allylic oxidation sites excluding steroid dienone is 1. The maximum Gasteiger partial charge on any atom is 0.211 e. The van der Waals surface area contributed by atoms with Crippen LogP contribution in [-0.4, -0.2) is 71.0 Å². The Balaban J connectivity index is 1.29. The number of pyridine rings is 1. The molecule has 4 fully saturated rings. The molecule has 7 rings (SSSR count). The third-order valence-electron chi connectivity index (χ3n) is 10.7. The van der Waals surface area contributed by atoms with E-state index >= 15 is 0 Å². The van der Waals surface area contributed by atoms with Gasteiger partial charge in [0.15, 0.2) is 0 Å². The maximum atomic E-state index is 15.0. The van der Waals surface area contributed by atoms with E-state index in [-0.39, 0.29) is 11.4 Å². The molecule has 1 aromatic heterocycles. The van der Waals surface area contributed by atoms with Crippen LogP contribution in [0, 0.1) is 12.7 Å². The van der Waals surface area contributed by atoms with Crippen LogP contribution in [0.25, 0.3) is 22.0 Å². The van der Waals surface area contributed by atoms with Crippen molar-refractivity contribution in [1.29, 1.82) is 0 Å². The lowest BCUT2D eigenvalue weighted by molar-refractivity contribution is 0.0716. The number of aryl methyl sites for hydroxylation is 1. The summed E-state index contributed by atoms with van der Waals surface area (Å²) in [7, 11) is 2.95. The summed E-state index contributed by atoms with van der Waals surface area (Å²) in [5, 5.41) is 6.78. The molecule has 3 aromatic rings. The van der Waals surface area contributed by atoms with Crippen molar-refractivity contribution in [3.05, 3.63) is 71.0 Å². The van der Waals surface area contributed by atoms with Gasteiger partial charge in [-0.05, 0) is 111 Å². The molecule has 0 radical (unpaired) electrons. The number of benzene rings is 2. The molecule has 45 heavy (non-hydrogen) atoms. The molecule has 4 aliphatic heterocycles. The van der Waals surface area contributed by atoms with Gasteiger partial charge in [0.2, 0.25) is 5.88 Å². The summed E-state index contributed by atoms with van der Waals surface area (Å²) in [5.41, 5.74) is 4.89. The minimum absolute atomic E-state index is 0.160. The van der Waals surface area contributed by atoms with Crippen molar-refractivity contribution in [3.63, 3.8) is 0 Å². The summed E-state index contributed by atoms with van der Waals surface area (Å²) in [6, 6.07) is 10.6. The summed E-state index contributed by atoms with van der Waals surface area (Å²) >= 11 is 0. The van der Waals surface area contributed by atoms with Gasteiger partial charge in [-0.3, -0.25) is 9.88 Å². The summed E-state index contributed by atoms with van der Waals surface area (Å²) in [4.78, 5) is 15.6. The van der Waals surface area contributed by atoms with Gasteiger partial charge in [-0.15, -0.1) is 9.24 Å². The normalized spacial score (nSPS) is 23.3. The number of amidine groups is 1. The first kappa shape index (κ1) is 30.8. The zero-order valence-electron chi connectivity index (χ0n) is 27.0. The van der Waals surface area contributed by atoms with E-state index < -0.39 is 0 Å². The van der Waals surface area contributed by atoms with Crippen molar-refractivity contribution in [1.82, 2.24) is 20.1 Å². The molecule has 5 heterocycles. The number of fused-ring (bicyclic) bond motifs is 4. The van der Waals surface area contributed by atoms with Gasteiger partial charge in [-0.1, -0.05) is 38.1 Å². The summed E-state index contributed by atoms with van der Waals surface area (Å²) < 4.78 is 21.6. The summed E-state index contributed by atoms with van der Waals surface area (Å²) in [6.07, 6.45) is 12.9. The van der Waals surface area contributed by atoms with E-state index in [1.54, 1.807) is 6.07 Å². The molecule has 3 unspecified atom stereocenters. The topological polar surface area (TPSA) is 53.0 Å². The Morgan fingerprint density at radius 1 is 1.13 bits per heavy atom. The van der Waals surface area contributed by atoms with E-state index in [4.69, 9.17) is 14.7 Å². The Hall–Kier alpha value is -2.86. The summed E-state index contributed by atoms with van der Waals surface area (Å²) in [5.74, 6) is 1.50. The largest absolute Gasteiger partial charge is 0.476 e. The number of rotatable bonds is 8. The van der Waals surface area contributed by atoms with Crippen molar-refractivity contribution in [3.8, 4) is 11.3 Å². The molecule has 4 aliphatic rings. The molecule has 2 bridgehead atoms. The monoisotopic (exact) mass is 627 g/mol. The summed E-state index contributed by atoms with van der Waals surface area (Å²) in [6.45, 7) is 11.2. The molecule has 0 spiro atoms. The molecule has 4 saturated heterocycles. The fourth-order valence-corrected chi connectivity index (χ4v) is 8.77. The SMILES string of the molecule is CC/C=C(/N=C(\c1cnc(-c2cccc3ccc(F)c(CC)c23)c(P)c1C)N1CC2CCC(C1)N2)OCC12CCCN1CCC2. The third kappa shape index (κ3) is 5.70. The van der Waals surface area contributed by atoms with E-state index in [1.807, 2.05) is 25.3 Å². The van der Waals surface area contributed by atoms with Crippen LogP contribution in [0.2, 0.25) is 0 Å². The Kier molecular flexibility index (Phi) is 8.71. The Morgan fingerprint density at radius 3 is 2.60 bits per heavy atom. The Morgan fingerprint density at radius 2 is 1.89 bits per heavy atom. The van der Waals surface area contributed by atoms with Gasteiger partial charge >= 0.3 is 0 Å². The predicted molar refractivity (Wildman–Crippen MR) is 186 cm³/mol. The van der Waals surface area contributed by atoms with Crippen LogP contribution in [0.1, 0.15) is 75.5 Å². The average Bonchev–Trinajstić information content (AvgIpc) is 3.73. The maximum absolute atomic E-state index is 15.0. The molecule has 8 heteroatoms. The molecule has 3 atom stereocenters. The van der Waals surface area contributed by atoms with Crippen molar-refractivity contribution >= 4 is 31.2 Å². The molecule has 1 N–H and O–H groups in total. The highest BCUT2D eigenvalue weighted by Gasteiger charge is 2.45. The molecular weight excluding hydrogens is 580 g/mol. The van der Waals surface area contributed by atoms with Crippen LogP contribution in [0.15, 0.2) is 53.5 Å². The van der Waals surface area contributed by atoms with Crippen molar-refractivity contribution in [2.45, 2.75) is 89.8 Å². The molecule has 0 aliphatic carbocycles.